The van der Waals surface area contributed by atoms with Gasteiger partial charge in [-0.05, 0) is 44.0 Å². The zero-order chi connectivity index (χ0) is 13.3. The van der Waals surface area contributed by atoms with Crippen LogP contribution in [0.2, 0.25) is 5.02 Å². The Bertz CT molecular complexity index is 461. The first kappa shape index (κ1) is 13.4. The van der Waals surface area contributed by atoms with Crippen LogP contribution >= 0.6 is 11.6 Å². The third kappa shape index (κ3) is 2.68. The average molecular weight is 268 g/mol. The summed E-state index contributed by atoms with van der Waals surface area (Å²) in [6.45, 7) is 5.54. The number of benzene rings is 1. The summed E-state index contributed by atoms with van der Waals surface area (Å²) >= 11 is 6.21. The van der Waals surface area contributed by atoms with Crippen LogP contribution in [0, 0.1) is 12.8 Å². The number of aliphatic carboxylic acids is 1. The second-order valence-electron chi connectivity index (χ2n) is 5.04. The van der Waals surface area contributed by atoms with E-state index in [-0.39, 0.29) is 12.0 Å². The molecule has 1 aromatic rings. The lowest BCUT2D eigenvalue weighted by atomic mass is 10.0. The number of carbonyl (C=O) groups is 1. The number of halogens is 1. The Morgan fingerprint density at radius 1 is 1.56 bits per heavy atom. The fourth-order valence-corrected chi connectivity index (χ4v) is 2.85. The first-order chi connectivity index (χ1) is 8.49. The highest BCUT2D eigenvalue weighted by molar-refractivity contribution is 6.31. The highest BCUT2D eigenvalue weighted by Gasteiger charge is 2.35. The van der Waals surface area contributed by atoms with E-state index in [1.807, 2.05) is 32.0 Å². The van der Waals surface area contributed by atoms with Crippen molar-refractivity contribution < 1.29 is 9.90 Å². The van der Waals surface area contributed by atoms with Gasteiger partial charge in [0.1, 0.15) is 0 Å². The van der Waals surface area contributed by atoms with Crippen LogP contribution in [0.5, 0.6) is 0 Å². The maximum Gasteiger partial charge on any atom is 0.308 e. The molecule has 1 saturated heterocycles. The van der Waals surface area contributed by atoms with E-state index >= 15 is 0 Å². The third-order valence-corrected chi connectivity index (χ3v) is 4.14. The van der Waals surface area contributed by atoms with Gasteiger partial charge in [0.15, 0.2) is 0 Å². The molecule has 0 saturated carbocycles. The first-order valence-electron chi connectivity index (χ1n) is 6.21. The van der Waals surface area contributed by atoms with E-state index < -0.39 is 5.97 Å². The number of nitrogens with zero attached hydrogens (tertiary/aromatic N) is 1. The van der Waals surface area contributed by atoms with E-state index in [4.69, 9.17) is 16.7 Å². The highest BCUT2D eigenvalue weighted by atomic mass is 35.5. The number of rotatable bonds is 3. The number of carboxylic acids is 1. The van der Waals surface area contributed by atoms with E-state index in [9.17, 15) is 4.79 Å². The van der Waals surface area contributed by atoms with Gasteiger partial charge < -0.3 is 5.11 Å². The van der Waals surface area contributed by atoms with Gasteiger partial charge in [0.2, 0.25) is 0 Å². The molecule has 1 aliphatic rings. The largest absolute Gasteiger partial charge is 0.481 e. The van der Waals surface area contributed by atoms with Gasteiger partial charge in [-0.25, -0.2) is 0 Å². The Morgan fingerprint density at radius 3 is 2.83 bits per heavy atom. The Balaban J connectivity index is 2.09. The molecule has 3 nitrogen and oxygen atoms in total. The van der Waals surface area contributed by atoms with Crippen molar-refractivity contribution in [2.24, 2.45) is 5.92 Å². The van der Waals surface area contributed by atoms with Crippen LogP contribution in [0.3, 0.4) is 0 Å². The number of hydrogen-bond acceptors (Lipinski definition) is 2. The van der Waals surface area contributed by atoms with Gasteiger partial charge in [-0.2, -0.15) is 0 Å². The van der Waals surface area contributed by atoms with Gasteiger partial charge in [0.25, 0.3) is 0 Å². The van der Waals surface area contributed by atoms with Crippen LogP contribution in [0.4, 0.5) is 0 Å². The van der Waals surface area contributed by atoms with Crippen molar-refractivity contribution in [1.82, 2.24) is 4.90 Å². The summed E-state index contributed by atoms with van der Waals surface area (Å²) in [6.07, 6.45) is 0.722. The molecule has 1 heterocycles. The topological polar surface area (TPSA) is 40.5 Å². The number of aryl methyl sites for hydroxylation is 1. The van der Waals surface area contributed by atoms with E-state index in [0.29, 0.717) is 0 Å². The molecule has 0 spiro atoms. The molecule has 1 N–H and O–H groups in total. The van der Waals surface area contributed by atoms with Crippen LogP contribution in [0.15, 0.2) is 18.2 Å². The average Bonchev–Trinajstić information content (AvgIpc) is 2.64. The summed E-state index contributed by atoms with van der Waals surface area (Å²) in [5.74, 6) is -0.950. The van der Waals surface area contributed by atoms with Gasteiger partial charge in [0, 0.05) is 17.6 Å². The van der Waals surface area contributed by atoms with Crippen LogP contribution in [0.25, 0.3) is 0 Å². The Hall–Kier alpha value is -1.06. The third-order valence-electron chi connectivity index (χ3n) is 3.78. The van der Waals surface area contributed by atoms with Gasteiger partial charge in [-0.15, -0.1) is 0 Å². The fraction of sp³-hybridized carbons (Fsp3) is 0.500. The predicted octanol–water partition coefficient (Wildman–Crippen LogP) is 2.94. The first-order valence-corrected chi connectivity index (χ1v) is 6.58. The van der Waals surface area contributed by atoms with Gasteiger partial charge in [-0.3, -0.25) is 9.69 Å². The molecule has 98 valence electrons. The second-order valence-corrected chi connectivity index (χ2v) is 5.45. The predicted molar refractivity (Wildman–Crippen MR) is 71.8 cm³/mol. The van der Waals surface area contributed by atoms with E-state index in [1.165, 1.54) is 0 Å². The molecule has 4 heteroatoms. The minimum atomic E-state index is -0.694. The number of hydrogen-bond donors (Lipinski definition) is 1. The van der Waals surface area contributed by atoms with Crippen molar-refractivity contribution in [3.8, 4) is 0 Å². The SMILES string of the molecule is Cc1ccc(CN2CCC(C(=O)O)C2C)c(Cl)c1. The summed E-state index contributed by atoms with van der Waals surface area (Å²) in [5.41, 5.74) is 2.21. The smallest absolute Gasteiger partial charge is 0.308 e. The van der Waals surface area contributed by atoms with E-state index in [2.05, 4.69) is 4.90 Å². The Kier molecular flexibility index (Phi) is 3.93. The minimum Gasteiger partial charge on any atom is -0.481 e. The Labute approximate surface area is 112 Å². The zero-order valence-corrected chi connectivity index (χ0v) is 11.4. The van der Waals surface area contributed by atoms with Crippen LogP contribution in [-0.4, -0.2) is 28.6 Å². The second kappa shape index (κ2) is 5.29. The molecule has 1 aliphatic heterocycles. The van der Waals surface area contributed by atoms with Crippen molar-refractivity contribution in [3.05, 3.63) is 34.3 Å². The quantitative estimate of drug-likeness (QED) is 0.915. The summed E-state index contributed by atoms with van der Waals surface area (Å²) in [4.78, 5) is 13.3. The lowest BCUT2D eigenvalue weighted by Crippen LogP contribution is -2.32. The van der Waals surface area contributed by atoms with Crippen LogP contribution in [-0.2, 0) is 11.3 Å². The molecule has 0 aromatic heterocycles. The molecule has 0 radical (unpaired) electrons. The summed E-state index contributed by atoms with van der Waals surface area (Å²) in [7, 11) is 0. The highest BCUT2D eigenvalue weighted by Crippen LogP contribution is 2.28. The van der Waals surface area contributed by atoms with E-state index in [1.54, 1.807) is 0 Å². The summed E-state index contributed by atoms with van der Waals surface area (Å²) in [5, 5.41) is 9.87. The molecule has 0 amide bonds. The van der Waals surface area contributed by atoms with Crippen molar-refractivity contribution in [2.45, 2.75) is 32.9 Å². The zero-order valence-electron chi connectivity index (χ0n) is 10.7. The normalized spacial score (nSPS) is 24.4. The van der Waals surface area contributed by atoms with Crippen molar-refractivity contribution in [3.63, 3.8) is 0 Å². The number of carboxylic acid groups (broad SMARTS) is 1. The van der Waals surface area contributed by atoms with Crippen LogP contribution < -0.4 is 0 Å². The number of likely N-dealkylation sites (tertiary alicyclic amines) is 1. The molecule has 0 aliphatic carbocycles. The van der Waals surface area contributed by atoms with E-state index in [0.717, 1.165) is 35.7 Å². The Morgan fingerprint density at radius 2 is 2.28 bits per heavy atom. The summed E-state index contributed by atoms with van der Waals surface area (Å²) in [6, 6.07) is 6.08. The van der Waals surface area contributed by atoms with Gasteiger partial charge in [-0.1, -0.05) is 23.7 Å². The fourth-order valence-electron chi connectivity index (χ4n) is 2.56. The molecule has 1 aromatic carbocycles. The maximum atomic E-state index is 11.1. The molecule has 0 bridgehead atoms. The molecule has 1 fully saturated rings. The van der Waals surface area contributed by atoms with Gasteiger partial charge >= 0.3 is 5.97 Å². The van der Waals surface area contributed by atoms with Crippen LogP contribution in [0.1, 0.15) is 24.5 Å². The molecule has 18 heavy (non-hydrogen) atoms. The van der Waals surface area contributed by atoms with Crippen molar-refractivity contribution in [2.75, 3.05) is 6.54 Å². The lowest BCUT2D eigenvalue weighted by molar-refractivity contribution is -0.142. The maximum absolute atomic E-state index is 11.1. The molecule has 2 atom stereocenters. The van der Waals surface area contributed by atoms with Crippen molar-refractivity contribution in [1.29, 1.82) is 0 Å². The minimum absolute atomic E-state index is 0.0693. The molecular weight excluding hydrogens is 250 g/mol. The van der Waals surface area contributed by atoms with Crippen molar-refractivity contribution >= 4 is 17.6 Å². The molecule has 2 rings (SSSR count). The summed E-state index contributed by atoms with van der Waals surface area (Å²) < 4.78 is 0. The molecular formula is C14H18ClNO2. The lowest BCUT2D eigenvalue weighted by Gasteiger charge is -2.23. The monoisotopic (exact) mass is 267 g/mol. The molecule has 2 unspecified atom stereocenters. The standard InChI is InChI=1S/C14H18ClNO2/c1-9-3-4-11(13(15)7-9)8-16-6-5-12(10(16)2)14(17)18/h3-4,7,10,12H,5-6,8H2,1-2H3,(H,17,18). The van der Waals surface area contributed by atoms with Gasteiger partial charge in [0.05, 0.1) is 5.92 Å².